The van der Waals surface area contributed by atoms with Gasteiger partial charge in [0.15, 0.2) is 11.5 Å². The number of benzene rings is 1. The molecular weight excluding hydrogens is 306 g/mol. The highest BCUT2D eigenvalue weighted by Gasteiger charge is 2.09. The first-order valence-corrected chi connectivity index (χ1v) is 7.75. The number of pyridine rings is 1. The molecule has 2 N–H and O–H groups in total. The molecule has 2 rings (SSSR count). The van der Waals surface area contributed by atoms with E-state index in [1.54, 1.807) is 32.5 Å². The summed E-state index contributed by atoms with van der Waals surface area (Å²) in [5.74, 6) is 1.91. The van der Waals surface area contributed by atoms with Crippen molar-refractivity contribution in [3.8, 4) is 11.5 Å². The molecule has 128 valence electrons. The van der Waals surface area contributed by atoms with Gasteiger partial charge in [0.05, 0.1) is 32.5 Å². The van der Waals surface area contributed by atoms with Gasteiger partial charge in [-0.25, -0.2) is 4.98 Å². The minimum Gasteiger partial charge on any atom is -0.493 e. The molecule has 0 aliphatic heterocycles. The second-order valence-corrected chi connectivity index (χ2v) is 5.65. The average molecular weight is 329 g/mol. The minimum absolute atomic E-state index is 0.117. The van der Waals surface area contributed by atoms with Crippen LogP contribution in [0.5, 0.6) is 11.5 Å². The molecule has 0 radical (unpaired) electrons. The first-order chi connectivity index (χ1) is 11.5. The predicted octanol–water partition coefficient (Wildman–Crippen LogP) is 3.10. The van der Waals surface area contributed by atoms with Gasteiger partial charge < -0.3 is 20.1 Å². The third-order valence-electron chi connectivity index (χ3n) is 3.30. The molecule has 0 bridgehead atoms. The minimum atomic E-state index is -0.117. The maximum Gasteiger partial charge on any atom is 0.228 e. The van der Waals surface area contributed by atoms with E-state index < -0.39 is 0 Å². The van der Waals surface area contributed by atoms with Gasteiger partial charge in [-0.05, 0) is 43.7 Å². The Kier molecular flexibility index (Phi) is 6.01. The van der Waals surface area contributed by atoms with Crippen LogP contribution in [-0.2, 0) is 11.2 Å². The number of nitrogens with zero attached hydrogens (tertiary/aromatic N) is 1. The molecule has 24 heavy (non-hydrogen) atoms. The summed E-state index contributed by atoms with van der Waals surface area (Å²) in [7, 11) is 3.15. The zero-order valence-corrected chi connectivity index (χ0v) is 14.4. The highest BCUT2D eigenvalue weighted by atomic mass is 16.5. The number of methoxy groups -OCH3 is 2. The normalized spacial score (nSPS) is 10.4. The van der Waals surface area contributed by atoms with Crippen molar-refractivity contribution in [2.75, 3.05) is 24.9 Å². The van der Waals surface area contributed by atoms with Crippen LogP contribution in [0.15, 0.2) is 36.5 Å². The van der Waals surface area contributed by atoms with Gasteiger partial charge in [-0.1, -0.05) is 6.07 Å². The van der Waals surface area contributed by atoms with Crippen LogP contribution in [0.25, 0.3) is 0 Å². The zero-order valence-electron chi connectivity index (χ0n) is 14.4. The van der Waals surface area contributed by atoms with Crippen molar-refractivity contribution < 1.29 is 14.3 Å². The van der Waals surface area contributed by atoms with Crippen LogP contribution in [0, 0.1) is 0 Å². The van der Waals surface area contributed by atoms with Crippen molar-refractivity contribution in [2.45, 2.75) is 26.3 Å². The standard InChI is InChI=1S/C18H23N3O3/c1-12(2)20-17-8-6-14(11-19-17)21-18(22)10-13-5-7-15(23-3)16(9-13)24-4/h5-9,11-12H,10H2,1-4H3,(H,19,20)(H,21,22). The van der Waals surface area contributed by atoms with Gasteiger partial charge in [0.1, 0.15) is 5.82 Å². The van der Waals surface area contributed by atoms with E-state index in [1.807, 2.05) is 32.0 Å². The molecule has 0 atom stereocenters. The number of nitrogens with one attached hydrogen (secondary N) is 2. The first-order valence-electron chi connectivity index (χ1n) is 7.75. The van der Waals surface area contributed by atoms with Gasteiger partial charge in [-0.3, -0.25) is 4.79 Å². The quantitative estimate of drug-likeness (QED) is 0.816. The molecule has 1 heterocycles. The van der Waals surface area contributed by atoms with E-state index >= 15 is 0 Å². The zero-order chi connectivity index (χ0) is 17.5. The third-order valence-corrected chi connectivity index (χ3v) is 3.30. The van der Waals surface area contributed by atoms with E-state index in [9.17, 15) is 4.79 Å². The summed E-state index contributed by atoms with van der Waals surface area (Å²) in [5.41, 5.74) is 1.51. The lowest BCUT2D eigenvalue weighted by molar-refractivity contribution is -0.115. The van der Waals surface area contributed by atoms with Crippen molar-refractivity contribution >= 4 is 17.4 Å². The topological polar surface area (TPSA) is 72.5 Å². The third kappa shape index (κ3) is 4.87. The fraction of sp³-hybridized carbons (Fsp3) is 0.333. The summed E-state index contributed by atoms with van der Waals surface area (Å²) in [4.78, 5) is 16.4. The maximum atomic E-state index is 12.2. The Hall–Kier alpha value is -2.76. The van der Waals surface area contributed by atoms with Crippen molar-refractivity contribution in [1.82, 2.24) is 4.98 Å². The summed E-state index contributed by atoms with van der Waals surface area (Å²) >= 11 is 0. The number of hydrogen-bond acceptors (Lipinski definition) is 5. The van der Waals surface area contributed by atoms with Gasteiger partial charge in [-0.15, -0.1) is 0 Å². The van der Waals surface area contributed by atoms with Crippen LogP contribution in [0.1, 0.15) is 19.4 Å². The Bertz CT molecular complexity index is 684. The summed E-state index contributed by atoms with van der Waals surface area (Å²) in [5, 5.41) is 6.03. The van der Waals surface area contributed by atoms with E-state index in [1.165, 1.54) is 0 Å². The number of hydrogen-bond donors (Lipinski definition) is 2. The number of anilines is 2. The van der Waals surface area contributed by atoms with Crippen molar-refractivity contribution in [3.05, 3.63) is 42.1 Å². The van der Waals surface area contributed by atoms with Crippen molar-refractivity contribution in [1.29, 1.82) is 0 Å². The van der Waals surface area contributed by atoms with Crippen molar-refractivity contribution in [2.24, 2.45) is 0 Å². The van der Waals surface area contributed by atoms with Gasteiger partial charge in [0, 0.05) is 6.04 Å². The van der Waals surface area contributed by atoms with Gasteiger partial charge in [0.2, 0.25) is 5.91 Å². The van der Waals surface area contributed by atoms with Gasteiger partial charge in [0.25, 0.3) is 0 Å². The number of carbonyl (C=O) groups is 1. The lowest BCUT2D eigenvalue weighted by Gasteiger charge is -2.11. The largest absolute Gasteiger partial charge is 0.493 e. The lowest BCUT2D eigenvalue weighted by atomic mass is 10.1. The Morgan fingerprint density at radius 1 is 1.12 bits per heavy atom. The van der Waals surface area contributed by atoms with Crippen molar-refractivity contribution in [3.63, 3.8) is 0 Å². The molecule has 0 aliphatic rings. The number of amides is 1. The molecule has 0 unspecified atom stereocenters. The maximum absolute atomic E-state index is 12.2. The number of carbonyl (C=O) groups excluding carboxylic acids is 1. The molecule has 6 nitrogen and oxygen atoms in total. The Morgan fingerprint density at radius 3 is 2.46 bits per heavy atom. The van der Waals surface area contributed by atoms with Gasteiger partial charge in [-0.2, -0.15) is 0 Å². The predicted molar refractivity (Wildman–Crippen MR) is 94.9 cm³/mol. The summed E-state index contributed by atoms with van der Waals surface area (Å²) in [6.45, 7) is 4.08. The highest BCUT2D eigenvalue weighted by Crippen LogP contribution is 2.27. The van der Waals surface area contributed by atoms with Crippen LogP contribution in [-0.4, -0.2) is 31.2 Å². The number of rotatable bonds is 7. The van der Waals surface area contributed by atoms with Crippen LogP contribution in [0.3, 0.4) is 0 Å². The van der Waals surface area contributed by atoms with Crippen LogP contribution in [0.4, 0.5) is 11.5 Å². The molecule has 0 fully saturated rings. The first kappa shape index (κ1) is 17.6. The monoisotopic (exact) mass is 329 g/mol. The van der Waals surface area contributed by atoms with Gasteiger partial charge >= 0.3 is 0 Å². The second kappa shape index (κ2) is 8.19. The molecule has 6 heteroatoms. The Morgan fingerprint density at radius 2 is 1.88 bits per heavy atom. The van der Waals surface area contributed by atoms with Crippen LogP contribution in [0.2, 0.25) is 0 Å². The molecule has 0 saturated heterocycles. The van der Waals surface area contributed by atoms with E-state index in [4.69, 9.17) is 9.47 Å². The molecule has 0 aliphatic carbocycles. The number of aromatic nitrogens is 1. The summed E-state index contributed by atoms with van der Waals surface area (Å²) < 4.78 is 10.4. The fourth-order valence-corrected chi connectivity index (χ4v) is 2.23. The van der Waals surface area contributed by atoms with Crippen LogP contribution < -0.4 is 20.1 Å². The van der Waals surface area contributed by atoms with E-state index in [-0.39, 0.29) is 12.3 Å². The summed E-state index contributed by atoms with van der Waals surface area (Å²) in [6.07, 6.45) is 1.88. The molecular formula is C18H23N3O3. The Labute approximate surface area is 142 Å². The average Bonchev–Trinajstić information content (AvgIpc) is 2.56. The highest BCUT2D eigenvalue weighted by molar-refractivity contribution is 5.92. The Balaban J connectivity index is 1.98. The second-order valence-electron chi connectivity index (χ2n) is 5.65. The summed E-state index contributed by atoms with van der Waals surface area (Å²) in [6, 6.07) is 9.40. The van der Waals surface area contributed by atoms with E-state index in [0.717, 1.165) is 11.4 Å². The van der Waals surface area contributed by atoms with E-state index in [0.29, 0.717) is 23.2 Å². The lowest BCUT2D eigenvalue weighted by Crippen LogP contribution is -2.15. The fourth-order valence-electron chi connectivity index (χ4n) is 2.23. The molecule has 1 amide bonds. The molecule has 1 aromatic carbocycles. The number of ether oxygens (including phenoxy) is 2. The molecule has 1 aromatic heterocycles. The molecule has 0 saturated carbocycles. The SMILES string of the molecule is COc1ccc(CC(=O)Nc2ccc(NC(C)C)nc2)cc1OC. The van der Waals surface area contributed by atoms with E-state index in [2.05, 4.69) is 15.6 Å². The molecule has 0 spiro atoms. The molecule has 2 aromatic rings. The smallest absolute Gasteiger partial charge is 0.228 e. The van der Waals surface area contributed by atoms with Crippen LogP contribution >= 0.6 is 0 Å².